The Kier molecular flexibility index (Phi) is 6.89. The summed E-state index contributed by atoms with van der Waals surface area (Å²) < 4.78 is 37.8. The molecule has 1 amide bonds. The van der Waals surface area contributed by atoms with Gasteiger partial charge in [0.25, 0.3) is 0 Å². The van der Waals surface area contributed by atoms with Crippen molar-refractivity contribution in [3.05, 3.63) is 65.7 Å². The van der Waals surface area contributed by atoms with Gasteiger partial charge in [0, 0.05) is 30.6 Å². The summed E-state index contributed by atoms with van der Waals surface area (Å²) in [6.07, 6.45) is -3.22. The predicted octanol–water partition coefficient (Wildman–Crippen LogP) is 4.62. The van der Waals surface area contributed by atoms with E-state index in [2.05, 4.69) is 15.6 Å². The molecule has 1 heterocycles. The van der Waals surface area contributed by atoms with Crippen LogP contribution in [0.5, 0.6) is 0 Å². The van der Waals surface area contributed by atoms with Gasteiger partial charge in [-0.25, -0.2) is 4.98 Å². The molecule has 0 radical (unpaired) electrons. The highest BCUT2D eigenvalue weighted by Crippen LogP contribution is 2.29. The number of aromatic nitrogens is 1. The van der Waals surface area contributed by atoms with Crippen molar-refractivity contribution in [1.29, 1.82) is 0 Å². The molecule has 0 bridgehead atoms. The van der Waals surface area contributed by atoms with E-state index >= 15 is 0 Å². The number of benzene rings is 2. The number of fused-ring (bicyclic) bond motifs is 1. The molecular formula is C22H22F3N3O2. The highest BCUT2D eigenvalue weighted by molar-refractivity contribution is 5.94. The Hall–Kier alpha value is -3.13. The van der Waals surface area contributed by atoms with E-state index in [1.807, 2.05) is 18.2 Å². The third-order valence-electron chi connectivity index (χ3n) is 4.54. The number of aryl methyl sites for hydroxylation is 1. The Morgan fingerprint density at radius 3 is 2.50 bits per heavy atom. The second kappa shape index (κ2) is 9.58. The number of anilines is 2. The van der Waals surface area contributed by atoms with E-state index in [0.717, 1.165) is 23.0 Å². The van der Waals surface area contributed by atoms with Crippen molar-refractivity contribution < 1.29 is 23.1 Å². The minimum Gasteiger partial charge on any atom is -0.396 e. The highest BCUT2D eigenvalue weighted by Gasteiger charge is 2.29. The van der Waals surface area contributed by atoms with E-state index in [4.69, 9.17) is 5.11 Å². The molecule has 0 unspecified atom stereocenters. The van der Waals surface area contributed by atoms with Gasteiger partial charge in [0.1, 0.15) is 5.82 Å². The van der Waals surface area contributed by atoms with E-state index in [1.54, 1.807) is 12.1 Å². The van der Waals surface area contributed by atoms with E-state index in [-0.39, 0.29) is 18.9 Å². The highest BCUT2D eigenvalue weighted by atomic mass is 19.4. The quantitative estimate of drug-likeness (QED) is 0.468. The van der Waals surface area contributed by atoms with Crippen LogP contribution in [-0.2, 0) is 17.4 Å². The van der Waals surface area contributed by atoms with Gasteiger partial charge in [0.05, 0.1) is 11.1 Å². The van der Waals surface area contributed by atoms with Gasteiger partial charge >= 0.3 is 6.18 Å². The van der Waals surface area contributed by atoms with Crippen LogP contribution in [0, 0.1) is 0 Å². The molecule has 0 fully saturated rings. The summed E-state index contributed by atoms with van der Waals surface area (Å²) in [7, 11) is 0. The van der Waals surface area contributed by atoms with Gasteiger partial charge in [-0.2, -0.15) is 13.2 Å². The number of pyridine rings is 1. The molecule has 3 rings (SSSR count). The average Bonchev–Trinajstić information content (AvgIpc) is 2.72. The van der Waals surface area contributed by atoms with Crippen LogP contribution in [0.15, 0.2) is 54.6 Å². The minimum absolute atomic E-state index is 0.114. The van der Waals surface area contributed by atoms with Gasteiger partial charge in [0.15, 0.2) is 0 Å². The number of halogens is 3. The lowest BCUT2D eigenvalue weighted by atomic mass is 10.1. The molecule has 158 valence electrons. The first-order valence-corrected chi connectivity index (χ1v) is 9.57. The van der Waals surface area contributed by atoms with Crippen LogP contribution in [0.25, 0.3) is 10.9 Å². The molecule has 1 aromatic heterocycles. The molecule has 0 saturated heterocycles. The zero-order valence-electron chi connectivity index (χ0n) is 16.2. The van der Waals surface area contributed by atoms with Crippen LogP contribution >= 0.6 is 0 Å². The maximum absolute atomic E-state index is 12.6. The largest absolute Gasteiger partial charge is 0.416 e. The zero-order chi connectivity index (χ0) is 21.6. The van der Waals surface area contributed by atoms with Crippen molar-refractivity contribution in [1.82, 2.24) is 4.98 Å². The third-order valence-corrected chi connectivity index (χ3v) is 4.54. The number of carbonyl (C=O) groups is 1. The lowest BCUT2D eigenvalue weighted by molar-refractivity contribution is -0.137. The Labute approximate surface area is 171 Å². The summed E-state index contributed by atoms with van der Waals surface area (Å²) in [4.78, 5) is 16.7. The SMILES string of the molecule is O=C(CCc1ccc(C(F)(F)F)cc1)Nc1ccc2nc(NCCCO)ccc2c1. The fourth-order valence-electron chi connectivity index (χ4n) is 2.94. The Bertz CT molecular complexity index is 1000. The van der Waals surface area contributed by atoms with Gasteiger partial charge < -0.3 is 15.7 Å². The monoisotopic (exact) mass is 417 g/mol. The number of carbonyl (C=O) groups excluding carboxylic acids is 1. The van der Waals surface area contributed by atoms with E-state index in [0.29, 0.717) is 36.5 Å². The molecule has 0 aliphatic carbocycles. The van der Waals surface area contributed by atoms with Crippen molar-refractivity contribution in [3.63, 3.8) is 0 Å². The lowest BCUT2D eigenvalue weighted by Crippen LogP contribution is -2.12. The number of nitrogens with zero attached hydrogens (tertiary/aromatic N) is 1. The van der Waals surface area contributed by atoms with E-state index in [9.17, 15) is 18.0 Å². The summed E-state index contributed by atoms with van der Waals surface area (Å²) in [5.41, 5.74) is 1.36. The molecule has 0 atom stereocenters. The zero-order valence-corrected chi connectivity index (χ0v) is 16.2. The number of aliphatic hydroxyl groups excluding tert-OH is 1. The summed E-state index contributed by atoms with van der Waals surface area (Å²) in [6.45, 7) is 0.741. The Morgan fingerprint density at radius 1 is 1.03 bits per heavy atom. The number of amides is 1. The molecule has 3 aromatic rings. The summed E-state index contributed by atoms with van der Waals surface area (Å²) in [5.74, 6) is 0.494. The predicted molar refractivity (Wildman–Crippen MR) is 110 cm³/mol. The van der Waals surface area contributed by atoms with Crippen LogP contribution < -0.4 is 10.6 Å². The molecule has 0 aliphatic heterocycles. The molecule has 30 heavy (non-hydrogen) atoms. The number of rotatable bonds is 8. The number of hydrogen-bond acceptors (Lipinski definition) is 4. The van der Waals surface area contributed by atoms with Crippen molar-refractivity contribution in [2.75, 3.05) is 23.8 Å². The van der Waals surface area contributed by atoms with Crippen molar-refractivity contribution in [2.45, 2.75) is 25.4 Å². The minimum atomic E-state index is -4.36. The fraction of sp³-hybridized carbons (Fsp3) is 0.273. The van der Waals surface area contributed by atoms with Gasteiger partial charge in [-0.3, -0.25) is 4.79 Å². The van der Waals surface area contributed by atoms with Crippen molar-refractivity contribution in [2.24, 2.45) is 0 Å². The first kappa shape index (κ1) is 21.6. The van der Waals surface area contributed by atoms with Gasteiger partial charge in [-0.1, -0.05) is 12.1 Å². The average molecular weight is 417 g/mol. The van der Waals surface area contributed by atoms with Crippen LogP contribution in [-0.4, -0.2) is 29.1 Å². The van der Waals surface area contributed by atoms with Crippen LogP contribution in [0.3, 0.4) is 0 Å². The maximum Gasteiger partial charge on any atom is 0.416 e. The van der Waals surface area contributed by atoms with E-state index < -0.39 is 11.7 Å². The smallest absolute Gasteiger partial charge is 0.396 e. The lowest BCUT2D eigenvalue weighted by Gasteiger charge is -2.09. The van der Waals surface area contributed by atoms with Crippen LogP contribution in [0.1, 0.15) is 24.0 Å². The van der Waals surface area contributed by atoms with Crippen LogP contribution in [0.4, 0.5) is 24.7 Å². The second-order valence-corrected chi connectivity index (χ2v) is 6.85. The molecular weight excluding hydrogens is 395 g/mol. The summed E-state index contributed by atoms with van der Waals surface area (Å²) in [6, 6.07) is 13.9. The van der Waals surface area contributed by atoms with Gasteiger partial charge in [-0.15, -0.1) is 0 Å². The Morgan fingerprint density at radius 2 is 1.80 bits per heavy atom. The molecule has 0 saturated carbocycles. The molecule has 5 nitrogen and oxygen atoms in total. The first-order chi connectivity index (χ1) is 14.3. The summed E-state index contributed by atoms with van der Waals surface area (Å²) >= 11 is 0. The Balaban J connectivity index is 1.56. The molecule has 8 heteroatoms. The van der Waals surface area contributed by atoms with Gasteiger partial charge in [-0.05, 0) is 60.9 Å². The standard InChI is InChI=1S/C22H22F3N3O2/c23-22(24,25)17-6-2-15(3-7-17)4-11-21(30)27-18-8-9-19-16(14-18)5-10-20(28-19)26-12-1-13-29/h2-3,5-10,14,29H,1,4,11-13H2,(H,26,28)(H,27,30). The number of alkyl halides is 3. The molecule has 0 spiro atoms. The number of hydrogen-bond donors (Lipinski definition) is 3. The number of aliphatic hydroxyl groups is 1. The maximum atomic E-state index is 12.6. The van der Waals surface area contributed by atoms with E-state index in [1.165, 1.54) is 12.1 Å². The molecule has 2 aromatic carbocycles. The molecule has 0 aliphatic rings. The normalized spacial score (nSPS) is 11.5. The van der Waals surface area contributed by atoms with Crippen LogP contribution in [0.2, 0.25) is 0 Å². The first-order valence-electron chi connectivity index (χ1n) is 9.57. The number of nitrogens with one attached hydrogen (secondary N) is 2. The van der Waals surface area contributed by atoms with Crippen molar-refractivity contribution >= 4 is 28.3 Å². The summed E-state index contributed by atoms with van der Waals surface area (Å²) in [5, 5.41) is 15.6. The second-order valence-electron chi connectivity index (χ2n) is 6.85. The molecule has 3 N–H and O–H groups in total. The third kappa shape index (κ3) is 5.93. The van der Waals surface area contributed by atoms with Crippen molar-refractivity contribution in [3.8, 4) is 0 Å². The van der Waals surface area contributed by atoms with Gasteiger partial charge in [0.2, 0.25) is 5.91 Å². The topological polar surface area (TPSA) is 74.2 Å². The fourth-order valence-corrected chi connectivity index (χ4v) is 2.94.